The summed E-state index contributed by atoms with van der Waals surface area (Å²) in [7, 11) is 3.45. The zero-order chi connectivity index (χ0) is 34.6. The van der Waals surface area contributed by atoms with Gasteiger partial charge in [0.1, 0.15) is 17.7 Å². The van der Waals surface area contributed by atoms with Crippen molar-refractivity contribution >= 4 is 41.1 Å². The number of nitrogens with zero attached hydrogens (tertiary/aromatic N) is 4. The molecule has 0 unspecified atom stereocenters. The van der Waals surface area contributed by atoms with E-state index in [1.165, 1.54) is 4.90 Å². The van der Waals surface area contributed by atoms with E-state index in [1.807, 2.05) is 60.7 Å². The fourth-order valence-electron chi connectivity index (χ4n) is 6.15. The number of piperazine rings is 1. The van der Waals surface area contributed by atoms with Crippen LogP contribution in [-0.4, -0.2) is 96.5 Å². The van der Waals surface area contributed by atoms with E-state index in [2.05, 4.69) is 10.2 Å². The van der Waals surface area contributed by atoms with Crippen LogP contribution in [0.3, 0.4) is 0 Å². The standard InChI is InChI=1S/C37H44ClN5O5/c1-37(2,3)48-36(47)43-24-27-11-7-6-10-26(27)23-32(43)33(44)39-30(22-25-14-16-28(38)17-15-25)35(46)42-20-18-41(19-21-42)31-13-9-8-12-29(31)34(45)40(4)5/h6-17,30,32H,18-24H2,1-5H3,(H,39,44)/t30-,32+/m1/s1. The quantitative estimate of drug-likeness (QED) is 0.388. The van der Waals surface area contributed by atoms with Crippen molar-refractivity contribution in [1.82, 2.24) is 20.0 Å². The average Bonchev–Trinajstić information content (AvgIpc) is 3.07. The van der Waals surface area contributed by atoms with Gasteiger partial charge in [0.05, 0.1) is 12.1 Å². The third-order valence-electron chi connectivity index (χ3n) is 8.62. The second-order valence-corrected chi connectivity index (χ2v) is 14.0. The molecule has 11 heteroatoms. The number of para-hydroxylation sites is 1. The summed E-state index contributed by atoms with van der Waals surface area (Å²) in [4.78, 5) is 61.5. The number of rotatable bonds is 7. The molecule has 0 bridgehead atoms. The third kappa shape index (κ3) is 8.28. The highest BCUT2D eigenvalue weighted by Gasteiger charge is 2.39. The number of benzene rings is 3. The van der Waals surface area contributed by atoms with Crippen molar-refractivity contribution < 1.29 is 23.9 Å². The van der Waals surface area contributed by atoms with Gasteiger partial charge in [0.2, 0.25) is 11.8 Å². The molecule has 254 valence electrons. The predicted molar refractivity (Wildman–Crippen MR) is 186 cm³/mol. The first-order chi connectivity index (χ1) is 22.8. The first kappa shape index (κ1) is 34.8. The Kier molecular flexibility index (Phi) is 10.6. The highest BCUT2D eigenvalue weighted by atomic mass is 35.5. The zero-order valence-electron chi connectivity index (χ0n) is 28.2. The third-order valence-corrected chi connectivity index (χ3v) is 8.87. The molecule has 0 aliphatic carbocycles. The predicted octanol–water partition coefficient (Wildman–Crippen LogP) is 4.78. The lowest BCUT2D eigenvalue weighted by molar-refractivity contribution is -0.138. The fraction of sp³-hybridized carbons (Fsp3) is 0.405. The second kappa shape index (κ2) is 14.7. The van der Waals surface area contributed by atoms with Crippen LogP contribution in [0.4, 0.5) is 10.5 Å². The van der Waals surface area contributed by atoms with Crippen molar-refractivity contribution in [1.29, 1.82) is 0 Å². The summed E-state index contributed by atoms with van der Waals surface area (Å²) in [5, 5.41) is 3.60. The number of ether oxygens (including phenoxy) is 1. The molecule has 1 N–H and O–H groups in total. The maximum absolute atomic E-state index is 14.2. The van der Waals surface area contributed by atoms with Crippen molar-refractivity contribution in [3.05, 3.63) is 100 Å². The zero-order valence-corrected chi connectivity index (χ0v) is 29.0. The Morgan fingerprint density at radius 3 is 2.17 bits per heavy atom. The van der Waals surface area contributed by atoms with Crippen molar-refractivity contribution in [3.63, 3.8) is 0 Å². The smallest absolute Gasteiger partial charge is 0.411 e. The first-order valence-electron chi connectivity index (χ1n) is 16.3. The van der Waals surface area contributed by atoms with Gasteiger partial charge in [-0.2, -0.15) is 0 Å². The molecular formula is C37H44ClN5O5. The van der Waals surface area contributed by atoms with E-state index in [1.54, 1.807) is 56.8 Å². The van der Waals surface area contributed by atoms with Crippen LogP contribution in [0.2, 0.25) is 5.02 Å². The molecule has 0 saturated carbocycles. The molecule has 0 aromatic heterocycles. The first-order valence-corrected chi connectivity index (χ1v) is 16.6. The number of anilines is 1. The minimum Gasteiger partial charge on any atom is -0.444 e. The number of halogens is 1. The molecule has 5 rings (SSSR count). The molecule has 0 spiro atoms. The fourth-order valence-corrected chi connectivity index (χ4v) is 6.28. The van der Waals surface area contributed by atoms with Crippen LogP contribution in [0.1, 0.15) is 47.8 Å². The summed E-state index contributed by atoms with van der Waals surface area (Å²) in [5.41, 5.74) is 3.46. The minimum absolute atomic E-state index is 0.0828. The number of carbonyl (C=O) groups excluding carboxylic acids is 4. The van der Waals surface area contributed by atoms with Gasteiger partial charge in [-0.15, -0.1) is 0 Å². The van der Waals surface area contributed by atoms with E-state index < -0.39 is 29.7 Å². The maximum Gasteiger partial charge on any atom is 0.411 e. The molecular weight excluding hydrogens is 630 g/mol. The number of nitrogens with one attached hydrogen (secondary N) is 1. The number of carbonyl (C=O) groups is 4. The van der Waals surface area contributed by atoms with E-state index in [9.17, 15) is 19.2 Å². The molecule has 1 saturated heterocycles. The van der Waals surface area contributed by atoms with Gasteiger partial charge in [0, 0.05) is 63.8 Å². The van der Waals surface area contributed by atoms with Crippen LogP contribution in [0.5, 0.6) is 0 Å². The van der Waals surface area contributed by atoms with Gasteiger partial charge in [-0.1, -0.05) is 60.1 Å². The normalized spacial score (nSPS) is 16.9. The Morgan fingerprint density at radius 2 is 1.52 bits per heavy atom. The number of amides is 4. The highest BCUT2D eigenvalue weighted by Crippen LogP contribution is 2.27. The monoisotopic (exact) mass is 673 g/mol. The largest absolute Gasteiger partial charge is 0.444 e. The van der Waals surface area contributed by atoms with Gasteiger partial charge >= 0.3 is 6.09 Å². The van der Waals surface area contributed by atoms with Crippen LogP contribution in [-0.2, 0) is 33.7 Å². The molecule has 2 heterocycles. The second-order valence-electron chi connectivity index (χ2n) is 13.5. The van der Waals surface area contributed by atoms with Crippen LogP contribution >= 0.6 is 11.6 Å². The van der Waals surface area contributed by atoms with Crippen LogP contribution < -0.4 is 10.2 Å². The SMILES string of the molecule is CN(C)C(=O)c1ccccc1N1CCN(C(=O)[C@@H](Cc2ccc(Cl)cc2)NC(=O)[C@@H]2Cc3ccccc3CN2C(=O)OC(C)(C)C)CC1. The van der Waals surface area contributed by atoms with Crippen LogP contribution in [0, 0.1) is 0 Å². The van der Waals surface area contributed by atoms with Gasteiger partial charge in [-0.3, -0.25) is 19.3 Å². The van der Waals surface area contributed by atoms with Crippen molar-refractivity contribution in [2.75, 3.05) is 45.2 Å². The minimum atomic E-state index is -0.884. The van der Waals surface area contributed by atoms with Crippen molar-refractivity contribution in [2.45, 2.75) is 57.8 Å². The molecule has 48 heavy (non-hydrogen) atoms. The summed E-state index contributed by atoms with van der Waals surface area (Å²) in [6.45, 7) is 7.46. The Bertz CT molecular complexity index is 1650. The Balaban J connectivity index is 1.36. The number of fused-ring (bicyclic) bond motifs is 1. The van der Waals surface area contributed by atoms with Crippen molar-refractivity contribution in [3.8, 4) is 0 Å². The lowest BCUT2D eigenvalue weighted by atomic mass is 9.93. The summed E-state index contributed by atoms with van der Waals surface area (Å²) in [6, 6.07) is 20.7. The van der Waals surface area contributed by atoms with E-state index in [-0.39, 0.29) is 24.8 Å². The van der Waals surface area contributed by atoms with E-state index in [0.717, 1.165) is 22.4 Å². The molecule has 0 radical (unpaired) electrons. The average molecular weight is 674 g/mol. The van der Waals surface area contributed by atoms with Gasteiger partial charge in [-0.05, 0) is 61.7 Å². The molecule has 3 aromatic carbocycles. The van der Waals surface area contributed by atoms with E-state index in [0.29, 0.717) is 43.2 Å². The molecule has 10 nitrogen and oxygen atoms in total. The highest BCUT2D eigenvalue weighted by molar-refractivity contribution is 6.30. The van der Waals surface area contributed by atoms with Crippen LogP contribution in [0.25, 0.3) is 0 Å². The number of hydrogen-bond acceptors (Lipinski definition) is 6. The topological polar surface area (TPSA) is 103 Å². The molecule has 2 atom stereocenters. The van der Waals surface area contributed by atoms with Gasteiger partial charge in [0.15, 0.2) is 0 Å². The lowest BCUT2D eigenvalue weighted by Gasteiger charge is -2.39. The number of hydrogen-bond donors (Lipinski definition) is 1. The molecule has 2 aliphatic heterocycles. The Labute approximate surface area is 287 Å². The Hall–Kier alpha value is -4.57. The molecule has 2 aliphatic rings. The molecule has 4 amide bonds. The summed E-state index contributed by atoms with van der Waals surface area (Å²) >= 11 is 6.14. The summed E-state index contributed by atoms with van der Waals surface area (Å²) < 4.78 is 5.70. The van der Waals surface area contributed by atoms with Gasteiger partial charge < -0.3 is 24.8 Å². The van der Waals surface area contributed by atoms with E-state index >= 15 is 0 Å². The molecule has 3 aromatic rings. The van der Waals surface area contributed by atoms with E-state index in [4.69, 9.17) is 16.3 Å². The van der Waals surface area contributed by atoms with Gasteiger partial charge in [-0.25, -0.2) is 4.79 Å². The summed E-state index contributed by atoms with van der Waals surface area (Å²) in [6.07, 6.45) is -0.0352. The molecule has 1 fully saturated rings. The lowest BCUT2D eigenvalue weighted by Crippen LogP contribution is -2.59. The van der Waals surface area contributed by atoms with Crippen LogP contribution in [0.15, 0.2) is 72.8 Å². The maximum atomic E-state index is 14.2. The van der Waals surface area contributed by atoms with Gasteiger partial charge in [0.25, 0.3) is 5.91 Å². The summed E-state index contributed by atoms with van der Waals surface area (Å²) in [5.74, 6) is -0.714. The Morgan fingerprint density at radius 1 is 0.896 bits per heavy atom. The van der Waals surface area contributed by atoms with Crippen molar-refractivity contribution in [2.24, 2.45) is 0 Å².